The third-order valence-electron chi connectivity index (χ3n) is 14.7. The smallest absolute Gasteiger partial charge is 0.220 e. The summed E-state index contributed by atoms with van der Waals surface area (Å²) < 4.78 is 11.3. The molecule has 0 saturated carbocycles. The van der Waals surface area contributed by atoms with Crippen molar-refractivity contribution < 1.29 is 39.8 Å². The molecule has 0 aliphatic carbocycles. The Morgan fingerprint density at radius 2 is 0.831 bits per heavy atom. The molecule has 1 saturated heterocycles. The first-order chi connectivity index (χ1) is 34.8. The van der Waals surface area contributed by atoms with E-state index in [1.165, 1.54) is 218 Å². The second kappa shape index (κ2) is 51.9. The average molecular weight is 1000 g/mol. The van der Waals surface area contributed by atoms with E-state index in [1.54, 1.807) is 6.08 Å². The molecular formula is C62H117NO8. The first-order valence-corrected chi connectivity index (χ1v) is 30.7. The molecule has 418 valence electrons. The number of allylic oxidation sites excluding steroid dienone is 5. The number of unbranched alkanes of at least 4 members (excludes halogenated alkanes) is 39. The number of hydrogen-bond acceptors (Lipinski definition) is 8. The monoisotopic (exact) mass is 1000 g/mol. The first-order valence-electron chi connectivity index (χ1n) is 30.7. The highest BCUT2D eigenvalue weighted by atomic mass is 16.7. The normalized spacial score (nSPS) is 19.5. The van der Waals surface area contributed by atoms with Gasteiger partial charge in [0.15, 0.2) is 6.29 Å². The van der Waals surface area contributed by atoms with E-state index in [1.807, 2.05) is 6.08 Å². The number of nitrogens with one attached hydrogen (secondary N) is 1. The van der Waals surface area contributed by atoms with Gasteiger partial charge in [-0.25, -0.2) is 0 Å². The first kappa shape index (κ1) is 67.4. The lowest BCUT2D eigenvalue weighted by Crippen LogP contribution is -2.60. The van der Waals surface area contributed by atoms with E-state index < -0.39 is 49.5 Å². The summed E-state index contributed by atoms with van der Waals surface area (Å²) in [5, 5.41) is 54.6. The maximum atomic E-state index is 13.1. The van der Waals surface area contributed by atoms with E-state index in [9.17, 15) is 30.3 Å². The second-order valence-corrected chi connectivity index (χ2v) is 21.5. The zero-order valence-electron chi connectivity index (χ0n) is 46.5. The molecule has 1 aliphatic heterocycles. The Balaban J connectivity index is 2.21. The van der Waals surface area contributed by atoms with Crippen molar-refractivity contribution in [2.45, 2.75) is 339 Å². The molecule has 1 amide bonds. The Kier molecular flexibility index (Phi) is 49.3. The van der Waals surface area contributed by atoms with Crippen LogP contribution < -0.4 is 5.32 Å². The molecule has 0 aromatic heterocycles. The third kappa shape index (κ3) is 41.4. The van der Waals surface area contributed by atoms with Crippen molar-refractivity contribution in [3.63, 3.8) is 0 Å². The van der Waals surface area contributed by atoms with E-state index in [-0.39, 0.29) is 12.5 Å². The van der Waals surface area contributed by atoms with Crippen LogP contribution in [0.1, 0.15) is 296 Å². The van der Waals surface area contributed by atoms with Gasteiger partial charge in [-0.05, 0) is 51.4 Å². The van der Waals surface area contributed by atoms with E-state index >= 15 is 0 Å². The standard InChI is InChI=1S/C62H117NO8/c1-3-5-7-9-11-13-15-17-19-21-23-25-27-28-30-31-33-35-37-39-41-43-45-47-49-51-56(65)55(54-70-62-61(69)60(68)59(67)57(53-64)71-62)63-58(66)52-50-48-46-44-42-40-38-36-34-32-29-26-24-22-20-18-16-14-12-10-8-6-4-2/h24,26,32,34,49,51,55-57,59-62,64-65,67-69H,3-23,25,27-31,33,35-48,50,52-54H2,1-2H3,(H,63,66)/b26-24-,34-32-,51-49+. The van der Waals surface area contributed by atoms with Crippen LogP contribution in [-0.4, -0.2) is 87.5 Å². The van der Waals surface area contributed by atoms with Gasteiger partial charge >= 0.3 is 0 Å². The van der Waals surface area contributed by atoms with Gasteiger partial charge < -0.3 is 40.3 Å². The molecule has 0 radical (unpaired) electrons. The second-order valence-electron chi connectivity index (χ2n) is 21.5. The summed E-state index contributed by atoms with van der Waals surface area (Å²) in [6.45, 7) is 3.81. The number of aliphatic hydroxyl groups is 5. The molecule has 1 fully saturated rings. The fourth-order valence-electron chi connectivity index (χ4n) is 9.84. The highest BCUT2D eigenvalue weighted by Gasteiger charge is 2.44. The molecular weight excluding hydrogens is 887 g/mol. The van der Waals surface area contributed by atoms with Crippen LogP contribution in [0.5, 0.6) is 0 Å². The fourth-order valence-corrected chi connectivity index (χ4v) is 9.84. The SMILES string of the molecule is CCCCCCCCCCC/C=C\C/C=C\CCCCCCCCCC(=O)NC(COC1OC(CO)C(O)C(O)C1O)C(O)/C=C/CCCCCCCCCCCCCCCCCCCCCCCCC. The van der Waals surface area contributed by atoms with Crippen LogP contribution in [0, 0.1) is 0 Å². The van der Waals surface area contributed by atoms with Gasteiger partial charge in [0, 0.05) is 6.42 Å². The predicted octanol–water partition coefficient (Wildman–Crippen LogP) is 15.5. The lowest BCUT2D eigenvalue weighted by Gasteiger charge is -2.40. The highest BCUT2D eigenvalue weighted by Crippen LogP contribution is 2.23. The lowest BCUT2D eigenvalue weighted by molar-refractivity contribution is -0.302. The maximum Gasteiger partial charge on any atom is 0.220 e. The van der Waals surface area contributed by atoms with Gasteiger partial charge in [0.25, 0.3) is 0 Å². The Morgan fingerprint density at radius 1 is 0.479 bits per heavy atom. The minimum atomic E-state index is -1.57. The summed E-state index contributed by atoms with van der Waals surface area (Å²) in [4.78, 5) is 13.1. The molecule has 0 spiro atoms. The molecule has 9 heteroatoms. The van der Waals surface area contributed by atoms with Crippen molar-refractivity contribution in [3.8, 4) is 0 Å². The summed E-state index contributed by atoms with van der Waals surface area (Å²) in [6, 6.07) is -0.810. The topological polar surface area (TPSA) is 149 Å². The molecule has 1 rings (SSSR count). The molecule has 1 aliphatic rings. The van der Waals surface area contributed by atoms with Crippen LogP contribution in [0.25, 0.3) is 0 Å². The summed E-state index contributed by atoms with van der Waals surface area (Å²) >= 11 is 0. The summed E-state index contributed by atoms with van der Waals surface area (Å²) in [7, 11) is 0. The van der Waals surface area contributed by atoms with Crippen molar-refractivity contribution in [3.05, 3.63) is 36.5 Å². The van der Waals surface area contributed by atoms with Crippen molar-refractivity contribution in [2.24, 2.45) is 0 Å². The summed E-state index contributed by atoms with van der Waals surface area (Å²) in [5.74, 6) is -0.181. The van der Waals surface area contributed by atoms with Crippen molar-refractivity contribution >= 4 is 5.91 Å². The Labute approximate surface area is 438 Å². The number of ether oxygens (including phenoxy) is 2. The van der Waals surface area contributed by atoms with E-state index in [4.69, 9.17) is 9.47 Å². The molecule has 0 aromatic carbocycles. The minimum Gasteiger partial charge on any atom is -0.394 e. The van der Waals surface area contributed by atoms with Gasteiger partial charge in [-0.2, -0.15) is 0 Å². The number of aliphatic hydroxyl groups excluding tert-OH is 5. The molecule has 7 atom stereocenters. The van der Waals surface area contributed by atoms with Crippen molar-refractivity contribution in [1.82, 2.24) is 5.32 Å². The van der Waals surface area contributed by atoms with Gasteiger partial charge in [0.1, 0.15) is 24.4 Å². The third-order valence-corrected chi connectivity index (χ3v) is 14.7. The van der Waals surface area contributed by atoms with Crippen LogP contribution in [0.15, 0.2) is 36.5 Å². The maximum absolute atomic E-state index is 13.1. The summed E-state index contributed by atoms with van der Waals surface area (Å²) in [5.41, 5.74) is 0. The molecule has 0 aromatic rings. The van der Waals surface area contributed by atoms with Gasteiger partial charge in [0.05, 0.1) is 25.4 Å². The number of hydrogen-bond donors (Lipinski definition) is 6. The number of amides is 1. The van der Waals surface area contributed by atoms with Gasteiger partial charge in [0.2, 0.25) is 5.91 Å². The zero-order chi connectivity index (χ0) is 51.5. The quantitative estimate of drug-likeness (QED) is 0.0261. The Hall–Kier alpha value is -1.59. The van der Waals surface area contributed by atoms with Crippen LogP contribution in [0.3, 0.4) is 0 Å². The van der Waals surface area contributed by atoms with E-state index in [0.29, 0.717) is 6.42 Å². The molecule has 71 heavy (non-hydrogen) atoms. The lowest BCUT2D eigenvalue weighted by atomic mass is 9.99. The Morgan fingerprint density at radius 3 is 1.21 bits per heavy atom. The predicted molar refractivity (Wildman–Crippen MR) is 300 cm³/mol. The molecule has 6 N–H and O–H groups in total. The van der Waals surface area contributed by atoms with Gasteiger partial charge in [-0.15, -0.1) is 0 Å². The fraction of sp³-hybridized carbons (Fsp3) is 0.887. The number of carbonyl (C=O) groups is 1. The highest BCUT2D eigenvalue weighted by molar-refractivity contribution is 5.76. The molecule has 7 unspecified atom stereocenters. The molecule has 0 bridgehead atoms. The van der Waals surface area contributed by atoms with E-state index in [0.717, 1.165) is 57.8 Å². The van der Waals surface area contributed by atoms with Crippen LogP contribution >= 0.6 is 0 Å². The molecule has 1 heterocycles. The summed E-state index contributed by atoms with van der Waals surface area (Å²) in [6.07, 6.45) is 60.7. The largest absolute Gasteiger partial charge is 0.394 e. The number of carbonyl (C=O) groups excluding carboxylic acids is 1. The van der Waals surface area contributed by atoms with Crippen LogP contribution in [-0.2, 0) is 14.3 Å². The van der Waals surface area contributed by atoms with Gasteiger partial charge in [-0.3, -0.25) is 4.79 Å². The zero-order valence-corrected chi connectivity index (χ0v) is 46.5. The average Bonchev–Trinajstić information content (AvgIpc) is 3.37. The van der Waals surface area contributed by atoms with Crippen LogP contribution in [0.2, 0.25) is 0 Å². The Bertz CT molecular complexity index is 1210. The van der Waals surface area contributed by atoms with Gasteiger partial charge in [-0.1, -0.05) is 275 Å². The van der Waals surface area contributed by atoms with Crippen molar-refractivity contribution in [1.29, 1.82) is 0 Å². The number of rotatable bonds is 53. The minimum absolute atomic E-state index is 0.181. The van der Waals surface area contributed by atoms with Crippen LogP contribution in [0.4, 0.5) is 0 Å². The van der Waals surface area contributed by atoms with E-state index in [2.05, 4.69) is 43.5 Å². The molecule has 9 nitrogen and oxygen atoms in total. The van der Waals surface area contributed by atoms with Crippen molar-refractivity contribution in [2.75, 3.05) is 13.2 Å².